The first-order valence-corrected chi connectivity index (χ1v) is 10.2. The van der Waals surface area contributed by atoms with Gasteiger partial charge < -0.3 is 15.1 Å². The molecule has 1 N–H and O–H groups in total. The zero-order valence-electron chi connectivity index (χ0n) is 15.3. The summed E-state index contributed by atoms with van der Waals surface area (Å²) < 4.78 is 0. The lowest BCUT2D eigenvalue weighted by atomic mass is 10.2. The van der Waals surface area contributed by atoms with Crippen molar-refractivity contribution in [1.29, 1.82) is 0 Å². The summed E-state index contributed by atoms with van der Waals surface area (Å²) in [4.78, 5) is 20.3. The van der Waals surface area contributed by atoms with E-state index in [1.165, 1.54) is 11.3 Å². The molecule has 0 spiro atoms. The molecule has 2 aliphatic heterocycles. The number of carbonyl (C=O) groups excluding carboxylic acids is 1. The SMILES string of the molecule is CN1CCN(CCNC(=O)c2ccc(N3CCc4ccccc43)s2)CC1. The summed E-state index contributed by atoms with van der Waals surface area (Å²) in [6, 6.07) is 12.5. The molecular formula is C20H26N4OS. The molecule has 6 heteroatoms. The third-order valence-corrected chi connectivity index (χ3v) is 6.39. The van der Waals surface area contributed by atoms with Crippen molar-refractivity contribution in [3.05, 3.63) is 46.8 Å². The maximum absolute atomic E-state index is 12.5. The van der Waals surface area contributed by atoms with Crippen LogP contribution < -0.4 is 10.2 Å². The summed E-state index contributed by atoms with van der Waals surface area (Å²) in [7, 11) is 2.16. The summed E-state index contributed by atoms with van der Waals surface area (Å²) in [6.07, 6.45) is 1.07. The molecule has 2 aliphatic rings. The number of nitrogens with one attached hydrogen (secondary N) is 1. The highest BCUT2D eigenvalue weighted by Gasteiger charge is 2.22. The van der Waals surface area contributed by atoms with Crippen molar-refractivity contribution in [2.75, 3.05) is 57.8 Å². The second-order valence-electron chi connectivity index (χ2n) is 7.07. The van der Waals surface area contributed by atoms with Crippen LogP contribution in [0.1, 0.15) is 15.2 Å². The standard InChI is InChI=1S/C20H26N4OS/c1-22-12-14-23(15-13-22)11-9-21-20(25)18-6-7-19(26-18)24-10-8-16-4-2-3-5-17(16)24/h2-7H,8-15H2,1H3,(H,21,25). The molecule has 0 atom stereocenters. The van der Waals surface area contributed by atoms with Crippen LogP contribution in [0.4, 0.5) is 10.7 Å². The van der Waals surface area contributed by atoms with E-state index in [0.717, 1.165) is 55.6 Å². The normalized spacial score (nSPS) is 18.1. The van der Waals surface area contributed by atoms with Gasteiger partial charge in [-0.05, 0) is 37.2 Å². The number of hydrogen-bond acceptors (Lipinski definition) is 5. The number of carbonyl (C=O) groups is 1. The number of piperazine rings is 1. The van der Waals surface area contributed by atoms with Crippen molar-refractivity contribution in [2.45, 2.75) is 6.42 Å². The summed E-state index contributed by atoms with van der Waals surface area (Å²) in [5, 5.41) is 4.23. The Morgan fingerprint density at radius 1 is 1.08 bits per heavy atom. The third kappa shape index (κ3) is 3.77. The number of anilines is 2. The minimum Gasteiger partial charge on any atom is -0.350 e. The minimum absolute atomic E-state index is 0.0443. The van der Waals surface area contributed by atoms with Gasteiger partial charge in [0.2, 0.25) is 0 Å². The van der Waals surface area contributed by atoms with Gasteiger partial charge in [0.05, 0.1) is 9.88 Å². The van der Waals surface area contributed by atoms with Crippen molar-refractivity contribution in [3.8, 4) is 0 Å². The quantitative estimate of drug-likeness (QED) is 0.877. The predicted molar refractivity (Wildman–Crippen MR) is 108 cm³/mol. The third-order valence-electron chi connectivity index (χ3n) is 5.28. The molecule has 0 bridgehead atoms. The Bertz CT molecular complexity index is 767. The molecule has 4 rings (SSSR count). The van der Waals surface area contributed by atoms with Gasteiger partial charge in [0, 0.05) is 51.5 Å². The largest absolute Gasteiger partial charge is 0.350 e. The Hall–Kier alpha value is -1.89. The molecule has 0 saturated carbocycles. The maximum Gasteiger partial charge on any atom is 0.261 e. The maximum atomic E-state index is 12.5. The van der Waals surface area contributed by atoms with Crippen molar-refractivity contribution in [3.63, 3.8) is 0 Å². The van der Waals surface area contributed by atoms with Crippen LogP contribution in [-0.4, -0.2) is 68.6 Å². The van der Waals surface area contributed by atoms with E-state index in [9.17, 15) is 4.79 Å². The highest BCUT2D eigenvalue weighted by molar-refractivity contribution is 7.18. The summed E-state index contributed by atoms with van der Waals surface area (Å²) in [5.41, 5.74) is 2.66. The first-order chi connectivity index (χ1) is 12.7. The van der Waals surface area contributed by atoms with Crippen molar-refractivity contribution in [1.82, 2.24) is 15.1 Å². The van der Waals surface area contributed by atoms with Crippen LogP contribution in [-0.2, 0) is 6.42 Å². The second-order valence-corrected chi connectivity index (χ2v) is 8.13. The van der Waals surface area contributed by atoms with Crippen LogP contribution in [0.25, 0.3) is 0 Å². The fourth-order valence-corrected chi connectivity index (χ4v) is 4.61. The van der Waals surface area contributed by atoms with Crippen molar-refractivity contribution >= 4 is 27.9 Å². The van der Waals surface area contributed by atoms with E-state index in [0.29, 0.717) is 6.54 Å². The number of rotatable bonds is 5. The van der Waals surface area contributed by atoms with Crippen LogP contribution in [0.3, 0.4) is 0 Å². The fraction of sp³-hybridized carbons (Fsp3) is 0.450. The van der Waals surface area contributed by atoms with Crippen LogP contribution in [0.2, 0.25) is 0 Å². The zero-order valence-corrected chi connectivity index (χ0v) is 16.1. The van der Waals surface area contributed by atoms with Crippen molar-refractivity contribution in [2.24, 2.45) is 0 Å². The molecule has 0 radical (unpaired) electrons. The Kier molecular flexibility index (Phi) is 5.24. The molecule has 138 valence electrons. The lowest BCUT2D eigenvalue weighted by Gasteiger charge is -2.32. The van der Waals surface area contributed by atoms with Gasteiger partial charge in [0.1, 0.15) is 0 Å². The van der Waals surface area contributed by atoms with Gasteiger partial charge in [-0.1, -0.05) is 18.2 Å². The monoisotopic (exact) mass is 370 g/mol. The average molecular weight is 371 g/mol. The molecule has 5 nitrogen and oxygen atoms in total. The van der Waals surface area contributed by atoms with Gasteiger partial charge in [0.25, 0.3) is 5.91 Å². The Balaban J connectivity index is 1.31. The Morgan fingerprint density at radius 3 is 2.73 bits per heavy atom. The molecule has 1 saturated heterocycles. The molecule has 2 aromatic rings. The van der Waals surface area contributed by atoms with Crippen LogP contribution in [0.5, 0.6) is 0 Å². The van der Waals surface area contributed by atoms with Gasteiger partial charge in [-0.15, -0.1) is 11.3 Å². The predicted octanol–water partition coefficient (Wildman–Crippen LogP) is 2.42. The summed E-state index contributed by atoms with van der Waals surface area (Å²) >= 11 is 1.58. The van der Waals surface area contributed by atoms with E-state index in [1.54, 1.807) is 11.3 Å². The van der Waals surface area contributed by atoms with Crippen LogP contribution in [0.15, 0.2) is 36.4 Å². The first kappa shape index (κ1) is 17.5. The number of fused-ring (bicyclic) bond motifs is 1. The average Bonchev–Trinajstić information content (AvgIpc) is 3.30. The minimum atomic E-state index is 0.0443. The molecule has 1 fully saturated rings. The molecule has 1 amide bonds. The van der Waals surface area contributed by atoms with Crippen molar-refractivity contribution < 1.29 is 4.79 Å². The molecule has 3 heterocycles. The van der Waals surface area contributed by atoms with E-state index in [-0.39, 0.29) is 5.91 Å². The van der Waals surface area contributed by atoms with Crippen LogP contribution in [0, 0.1) is 0 Å². The first-order valence-electron chi connectivity index (χ1n) is 9.35. The van der Waals surface area contributed by atoms with E-state index in [4.69, 9.17) is 0 Å². The Labute approximate surface area is 159 Å². The molecule has 26 heavy (non-hydrogen) atoms. The number of nitrogens with zero attached hydrogens (tertiary/aromatic N) is 3. The lowest BCUT2D eigenvalue weighted by Crippen LogP contribution is -2.46. The molecular weight excluding hydrogens is 344 g/mol. The lowest BCUT2D eigenvalue weighted by molar-refractivity contribution is 0.0945. The van der Waals surface area contributed by atoms with E-state index in [2.05, 4.69) is 57.4 Å². The number of amides is 1. The molecule has 1 aromatic carbocycles. The highest BCUT2D eigenvalue weighted by Crippen LogP contribution is 2.37. The smallest absolute Gasteiger partial charge is 0.261 e. The van der Waals surface area contributed by atoms with Gasteiger partial charge in [-0.3, -0.25) is 9.69 Å². The molecule has 0 unspecified atom stereocenters. The van der Waals surface area contributed by atoms with E-state index >= 15 is 0 Å². The fourth-order valence-electron chi connectivity index (χ4n) is 3.65. The van der Waals surface area contributed by atoms with E-state index < -0.39 is 0 Å². The molecule has 0 aliphatic carbocycles. The second kappa shape index (κ2) is 7.78. The van der Waals surface area contributed by atoms with E-state index in [1.807, 2.05) is 6.07 Å². The number of hydrogen-bond donors (Lipinski definition) is 1. The number of para-hydroxylation sites is 1. The van der Waals surface area contributed by atoms with Crippen LogP contribution >= 0.6 is 11.3 Å². The van der Waals surface area contributed by atoms with Gasteiger partial charge in [0.15, 0.2) is 0 Å². The topological polar surface area (TPSA) is 38.8 Å². The number of benzene rings is 1. The Morgan fingerprint density at radius 2 is 1.88 bits per heavy atom. The summed E-state index contributed by atoms with van der Waals surface area (Å²) in [6.45, 7) is 7.02. The summed E-state index contributed by atoms with van der Waals surface area (Å²) in [5.74, 6) is 0.0443. The van der Waals surface area contributed by atoms with Gasteiger partial charge in [-0.2, -0.15) is 0 Å². The number of likely N-dealkylation sites (N-methyl/N-ethyl adjacent to an activating group) is 1. The number of thiophene rings is 1. The zero-order chi connectivity index (χ0) is 17.9. The molecule has 1 aromatic heterocycles. The van der Waals surface area contributed by atoms with Gasteiger partial charge >= 0.3 is 0 Å². The van der Waals surface area contributed by atoms with Gasteiger partial charge in [-0.25, -0.2) is 0 Å². The highest BCUT2D eigenvalue weighted by atomic mass is 32.1.